The molecule has 0 bridgehead atoms. The molecule has 4 nitrogen and oxygen atoms in total. The van der Waals surface area contributed by atoms with Gasteiger partial charge >= 0.3 is 0 Å². The van der Waals surface area contributed by atoms with Crippen LogP contribution in [0.25, 0.3) is 11.3 Å². The molecule has 0 atom stereocenters. The summed E-state index contributed by atoms with van der Waals surface area (Å²) in [6, 6.07) is 14.3. The average Bonchev–Trinajstić information content (AvgIpc) is 3.03. The number of carbonyl (C=O) groups excluding carboxylic acids is 1. The van der Waals surface area contributed by atoms with Gasteiger partial charge in [0.25, 0.3) is 5.91 Å². The van der Waals surface area contributed by atoms with E-state index in [2.05, 4.69) is 0 Å². The quantitative estimate of drug-likeness (QED) is 0.777. The van der Waals surface area contributed by atoms with E-state index >= 15 is 0 Å². The predicted molar refractivity (Wildman–Crippen MR) is 89.7 cm³/mol. The molecule has 122 valence electrons. The van der Waals surface area contributed by atoms with Crippen molar-refractivity contribution in [1.29, 1.82) is 0 Å². The van der Waals surface area contributed by atoms with E-state index in [0.717, 1.165) is 17.3 Å². The number of aryl methyl sites for hydroxylation is 1. The second kappa shape index (κ2) is 6.20. The third kappa shape index (κ3) is 2.88. The zero-order valence-electron chi connectivity index (χ0n) is 13.3. The molecule has 0 fully saturated rings. The van der Waals surface area contributed by atoms with Crippen molar-refractivity contribution in [3.8, 4) is 17.1 Å². The lowest BCUT2D eigenvalue weighted by Gasteiger charge is -2.18. The molecule has 2 aromatic carbocycles. The Morgan fingerprint density at radius 1 is 1.12 bits per heavy atom. The van der Waals surface area contributed by atoms with Gasteiger partial charge in [-0.25, -0.2) is 4.39 Å². The van der Waals surface area contributed by atoms with Crippen LogP contribution in [0.1, 0.15) is 16.1 Å². The molecular weight excluding hydrogens is 309 g/mol. The highest BCUT2D eigenvalue weighted by atomic mass is 19.1. The highest BCUT2D eigenvalue weighted by Gasteiger charge is 2.20. The number of phenols is 1. The van der Waals surface area contributed by atoms with E-state index in [-0.39, 0.29) is 28.7 Å². The first kappa shape index (κ1) is 15.8. The summed E-state index contributed by atoms with van der Waals surface area (Å²) in [5.41, 5.74) is 1.92. The molecule has 0 radical (unpaired) electrons. The molecule has 0 spiro atoms. The number of nitrogens with zero attached hydrogens (tertiary/aromatic N) is 1. The van der Waals surface area contributed by atoms with Crippen molar-refractivity contribution in [3.05, 3.63) is 71.7 Å². The predicted octanol–water partition coefficient (Wildman–Crippen LogP) is 4.38. The third-order valence-electron chi connectivity index (χ3n) is 3.82. The molecule has 0 saturated heterocycles. The maximum absolute atomic E-state index is 13.9. The van der Waals surface area contributed by atoms with Gasteiger partial charge in [0.05, 0.1) is 5.56 Å². The summed E-state index contributed by atoms with van der Waals surface area (Å²) in [5.74, 6) is -0.763. The Balaban J connectivity index is 1.90. The number of phenolic OH excluding ortho intramolecular Hbond substituents is 1. The summed E-state index contributed by atoms with van der Waals surface area (Å²) in [7, 11) is 1.66. The molecular formula is C19H16FNO3. The Hall–Kier alpha value is -3.08. The molecule has 0 aliphatic carbocycles. The van der Waals surface area contributed by atoms with E-state index in [1.165, 1.54) is 29.2 Å². The normalized spacial score (nSPS) is 10.6. The van der Waals surface area contributed by atoms with Gasteiger partial charge in [0.1, 0.15) is 17.3 Å². The maximum atomic E-state index is 13.9. The van der Waals surface area contributed by atoms with Crippen molar-refractivity contribution in [2.75, 3.05) is 11.9 Å². The Labute approximate surface area is 138 Å². The van der Waals surface area contributed by atoms with Crippen LogP contribution in [0.2, 0.25) is 0 Å². The second-order valence-electron chi connectivity index (χ2n) is 5.48. The lowest BCUT2D eigenvalue weighted by Crippen LogP contribution is -2.26. The Kier molecular flexibility index (Phi) is 4.08. The molecule has 0 saturated carbocycles. The third-order valence-corrected chi connectivity index (χ3v) is 3.82. The summed E-state index contributed by atoms with van der Waals surface area (Å²) < 4.78 is 19.4. The second-order valence-corrected chi connectivity index (χ2v) is 5.48. The zero-order valence-corrected chi connectivity index (χ0v) is 13.3. The number of hydrogen-bond donors (Lipinski definition) is 1. The van der Waals surface area contributed by atoms with Crippen molar-refractivity contribution in [3.63, 3.8) is 0 Å². The van der Waals surface area contributed by atoms with Crippen molar-refractivity contribution >= 4 is 11.6 Å². The smallest absolute Gasteiger partial charge is 0.293 e. The number of furan rings is 1. The first-order valence-electron chi connectivity index (χ1n) is 7.40. The van der Waals surface area contributed by atoms with Gasteiger partial charge in [-0.15, -0.1) is 0 Å². The van der Waals surface area contributed by atoms with Gasteiger partial charge in [0, 0.05) is 18.8 Å². The summed E-state index contributed by atoms with van der Waals surface area (Å²) in [4.78, 5) is 14.1. The molecule has 0 aliphatic rings. The summed E-state index contributed by atoms with van der Waals surface area (Å²) >= 11 is 0. The van der Waals surface area contributed by atoms with Crippen LogP contribution in [0, 0.1) is 12.7 Å². The first-order valence-corrected chi connectivity index (χ1v) is 7.40. The number of anilines is 1. The lowest BCUT2D eigenvalue weighted by atomic mass is 10.1. The number of rotatable bonds is 3. The Morgan fingerprint density at radius 2 is 1.88 bits per heavy atom. The number of para-hydroxylation sites is 1. The fraction of sp³-hybridized carbons (Fsp3) is 0.105. The molecule has 24 heavy (non-hydrogen) atoms. The average molecular weight is 325 g/mol. The van der Waals surface area contributed by atoms with Crippen molar-refractivity contribution in [1.82, 2.24) is 0 Å². The molecule has 3 aromatic rings. The first-order chi connectivity index (χ1) is 11.5. The van der Waals surface area contributed by atoms with Gasteiger partial charge in [-0.2, -0.15) is 0 Å². The minimum Gasteiger partial charge on any atom is -0.508 e. The molecule has 0 unspecified atom stereocenters. The Morgan fingerprint density at radius 3 is 2.58 bits per heavy atom. The number of aromatic hydroxyl groups is 1. The van der Waals surface area contributed by atoms with Crippen molar-refractivity contribution in [2.45, 2.75) is 6.92 Å². The van der Waals surface area contributed by atoms with Gasteiger partial charge in [0.2, 0.25) is 0 Å². The minimum absolute atomic E-state index is 0.114. The highest BCUT2D eigenvalue weighted by molar-refractivity contribution is 6.04. The van der Waals surface area contributed by atoms with Crippen LogP contribution in [0.4, 0.5) is 10.1 Å². The molecule has 1 amide bonds. The number of amides is 1. The lowest BCUT2D eigenvalue weighted by molar-refractivity contribution is 0.0967. The number of hydrogen-bond acceptors (Lipinski definition) is 3. The SMILES string of the molecule is Cc1ccccc1N(C)C(=O)c1ccc(-c2ccc(O)cc2F)o1. The van der Waals surface area contributed by atoms with Crippen molar-refractivity contribution in [2.24, 2.45) is 0 Å². The van der Waals surface area contributed by atoms with Crippen LogP contribution in [0.3, 0.4) is 0 Å². The maximum Gasteiger partial charge on any atom is 0.293 e. The topological polar surface area (TPSA) is 53.7 Å². The van der Waals surface area contributed by atoms with E-state index in [1.54, 1.807) is 7.05 Å². The van der Waals surface area contributed by atoms with Gasteiger partial charge in [-0.3, -0.25) is 4.79 Å². The van der Waals surface area contributed by atoms with Gasteiger partial charge in [0.15, 0.2) is 5.76 Å². The Bertz CT molecular complexity index is 901. The largest absolute Gasteiger partial charge is 0.508 e. The fourth-order valence-corrected chi connectivity index (χ4v) is 2.52. The molecule has 0 aliphatic heterocycles. The highest BCUT2D eigenvalue weighted by Crippen LogP contribution is 2.28. The number of carbonyl (C=O) groups is 1. The van der Waals surface area contributed by atoms with E-state index in [9.17, 15) is 14.3 Å². The van der Waals surface area contributed by atoms with E-state index in [0.29, 0.717) is 0 Å². The monoisotopic (exact) mass is 325 g/mol. The number of benzene rings is 2. The minimum atomic E-state index is -0.615. The van der Waals surface area contributed by atoms with Crippen LogP contribution in [-0.2, 0) is 0 Å². The molecule has 5 heteroatoms. The standard InChI is InChI=1S/C19H16FNO3/c1-12-5-3-4-6-16(12)21(2)19(23)18-10-9-17(24-18)14-8-7-13(22)11-15(14)20/h3-11,22H,1-2H3. The van der Waals surface area contributed by atoms with Crippen LogP contribution >= 0.6 is 0 Å². The van der Waals surface area contributed by atoms with Crippen molar-refractivity contribution < 1.29 is 18.7 Å². The van der Waals surface area contributed by atoms with Crippen LogP contribution in [0.5, 0.6) is 5.75 Å². The summed E-state index contributed by atoms with van der Waals surface area (Å²) in [6.07, 6.45) is 0. The van der Waals surface area contributed by atoms with E-state index in [1.807, 2.05) is 31.2 Å². The van der Waals surface area contributed by atoms with Crippen LogP contribution in [-0.4, -0.2) is 18.1 Å². The zero-order chi connectivity index (χ0) is 17.3. The molecule has 1 heterocycles. The molecule has 1 N–H and O–H groups in total. The molecule has 3 rings (SSSR count). The van der Waals surface area contributed by atoms with Gasteiger partial charge < -0.3 is 14.4 Å². The van der Waals surface area contributed by atoms with Gasteiger partial charge in [-0.1, -0.05) is 18.2 Å². The fourth-order valence-electron chi connectivity index (χ4n) is 2.52. The summed E-state index contributed by atoms with van der Waals surface area (Å²) in [6.45, 7) is 1.92. The van der Waals surface area contributed by atoms with Gasteiger partial charge in [-0.05, 0) is 42.8 Å². The van der Waals surface area contributed by atoms with E-state index in [4.69, 9.17) is 4.42 Å². The van der Waals surface area contributed by atoms with Crippen LogP contribution < -0.4 is 4.90 Å². The molecule has 1 aromatic heterocycles. The summed E-state index contributed by atoms with van der Waals surface area (Å²) in [5, 5.41) is 9.27. The number of halogens is 1. The van der Waals surface area contributed by atoms with Crippen LogP contribution in [0.15, 0.2) is 59.0 Å². The van der Waals surface area contributed by atoms with E-state index < -0.39 is 5.82 Å².